The summed E-state index contributed by atoms with van der Waals surface area (Å²) in [4.78, 5) is 26.5. The van der Waals surface area contributed by atoms with Gasteiger partial charge in [0.1, 0.15) is 11.6 Å². The average molecular weight is 497 g/mol. The van der Waals surface area contributed by atoms with Crippen molar-refractivity contribution in [2.24, 2.45) is 0 Å². The van der Waals surface area contributed by atoms with Gasteiger partial charge in [-0.1, -0.05) is 13.0 Å². The number of nitrogens with one attached hydrogen (secondary N) is 2. The van der Waals surface area contributed by atoms with Crippen molar-refractivity contribution in [1.82, 2.24) is 24.4 Å². The molecule has 4 heterocycles. The summed E-state index contributed by atoms with van der Waals surface area (Å²) in [6.45, 7) is 6.39. The molecule has 4 aromatic rings. The summed E-state index contributed by atoms with van der Waals surface area (Å²) in [5, 5.41) is 2.97. The molecular formula is C26H27F3N6O. The Hall–Kier alpha value is -3.66. The minimum Gasteiger partial charge on any atom is -0.380 e. The van der Waals surface area contributed by atoms with E-state index in [1.165, 1.54) is 6.07 Å². The van der Waals surface area contributed by atoms with Gasteiger partial charge in [0.05, 0.1) is 16.5 Å². The Balaban J connectivity index is 1.45. The molecule has 0 unspecified atom stereocenters. The number of likely N-dealkylation sites (N-methyl/N-ethyl adjacent to an activating group) is 1. The van der Waals surface area contributed by atoms with Crippen molar-refractivity contribution in [3.63, 3.8) is 0 Å². The molecule has 1 atom stereocenters. The fourth-order valence-electron chi connectivity index (χ4n) is 4.64. The Bertz CT molecular complexity index is 1440. The maximum Gasteiger partial charge on any atom is 0.418 e. The first-order valence-corrected chi connectivity index (χ1v) is 11.9. The van der Waals surface area contributed by atoms with Crippen molar-refractivity contribution < 1.29 is 13.2 Å². The lowest BCUT2D eigenvalue weighted by Gasteiger charge is -2.20. The number of benzene rings is 1. The minimum atomic E-state index is -4.60. The van der Waals surface area contributed by atoms with Crippen LogP contribution in [-0.4, -0.2) is 50.1 Å². The summed E-state index contributed by atoms with van der Waals surface area (Å²) < 4.78 is 43.5. The first-order valence-electron chi connectivity index (χ1n) is 11.9. The van der Waals surface area contributed by atoms with Crippen LogP contribution < -0.4 is 10.9 Å². The van der Waals surface area contributed by atoms with Gasteiger partial charge in [-0.3, -0.25) is 4.79 Å². The van der Waals surface area contributed by atoms with Gasteiger partial charge in [-0.25, -0.2) is 9.97 Å². The number of likely N-dealkylation sites (tertiary alicyclic amines) is 1. The minimum absolute atomic E-state index is 0.0463. The summed E-state index contributed by atoms with van der Waals surface area (Å²) in [6.07, 6.45) is 2.04. The van der Waals surface area contributed by atoms with Crippen molar-refractivity contribution in [2.75, 3.05) is 25.0 Å². The van der Waals surface area contributed by atoms with Crippen molar-refractivity contribution in [3.05, 3.63) is 81.8 Å². The number of hydrogen-bond donors (Lipinski definition) is 2. The second-order valence-electron chi connectivity index (χ2n) is 9.25. The van der Waals surface area contributed by atoms with E-state index in [2.05, 4.69) is 25.2 Å². The molecule has 5 rings (SSSR count). The molecule has 10 heteroatoms. The van der Waals surface area contributed by atoms with E-state index in [4.69, 9.17) is 0 Å². The van der Waals surface area contributed by atoms with Gasteiger partial charge in [-0.2, -0.15) is 13.2 Å². The number of halogens is 3. The van der Waals surface area contributed by atoms with Crippen LogP contribution in [0.4, 0.5) is 18.9 Å². The molecule has 0 bridgehead atoms. The van der Waals surface area contributed by atoms with E-state index >= 15 is 0 Å². The van der Waals surface area contributed by atoms with Gasteiger partial charge in [0.25, 0.3) is 5.56 Å². The molecule has 1 aliphatic heterocycles. The lowest BCUT2D eigenvalue weighted by Crippen LogP contribution is -2.27. The van der Waals surface area contributed by atoms with E-state index in [1.54, 1.807) is 6.20 Å². The normalized spacial score (nSPS) is 16.6. The number of hydrogen-bond acceptors (Lipinski definition) is 5. The number of alkyl halides is 3. The van der Waals surface area contributed by atoms with Crippen LogP contribution in [0.15, 0.2) is 53.7 Å². The van der Waals surface area contributed by atoms with Crippen LogP contribution in [0.5, 0.6) is 0 Å². The van der Waals surface area contributed by atoms with E-state index < -0.39 is 17.3 Å². The maximum absolute atomic E-state index is 13.9. The average Bonchev–Trinajstić information content (AvgIpc) is 3.47. The zero-order valence-corrected chi connectivity index (χ0v) is 20.1. The van der Waals surface area contributed by atoms with E-state index in [9.17, 15) is 18.0 Å². The van der Waals surface area contributed by atoms with Gasteiger partial charge >= 0.3 is 6.18 Å². The molecule has 1 saturated heterocycles. The van der Waals surface area contributed by atoms with Crippen LogP contribution in [0.2, 0.25) is 0 Å². The largest absolute Gasteiger partial charge is 0.418 e. The number of H-pyrrole nitrogens is 1. The third-order valence-electron chi connectivity index (χ3n) is 6.56. The van der Waals surface area contributed by atoms with Gasteiger partial charge in [-0.05, 0) is 55.3 Å². The van der Waals surface area contributed by atoms with Gasteiger partial charge in [0, 0.05) is 49.8 Å². The van der Waals surface area contributed by atoms with Crippen molar-refractivity contribution in [2.45, 2.75) is 38.9 Å². The van der Waals surface area contributed by atoms with Crippen LogP contribution in [0.1, 0.15) is 35.9 Å². The highest BCUT2D eigenvalue weighted by Crippen LogP contribution is 2.37. The molecular weight excluding hydrogens is 469 g/mol. The number of anilines is 1. The summed E-state index contributed by atoms with van der Waals surface area (Å²) in [5.74, 6) is 1.12. The smallest absolute Gasteiger partial charge is 0.380 e. The topological polar surface area (TPSA) is 78.8 Å². The van der Waals surface area contributed by atoms with E-state index in [1.807, 2.05) is 49.0 Å². The van der Waals surface area contributed by atoms with Gasteiger partial charge in [0.15, 0.2) is 0 Å². The number of aromatic nitrogens is 4. The third-order valence-corrected chi connectivity index (χ3v) is 6.56. The van der Waals surface area contributed by atoms with Crippen molar-refractivity contribution in [3.8, 4) is 5.82 Å². The third kappa shape index (κ3) is 4.99. The van der Waals surface area contributed by atoms with Crippen LogP contribution in [0, 0.1) is 6.92 Å². The lowest BCUT2D eigenvalue weighted by molar-refractivity contribution is -0.136. The second-order valence-corrected chi connectivity index (χ2v) is 9.25. The number of nitrogens with zero attached hydrogens (tertiary/aromatic N) is 4. The Kier molecular flexibility index (Phi) is 6.29. The molecule has 1 aliphatic rings. The van der Waals surface area contributed by atoms with E-state index in [0.29, 0.717) is 18.8 Å². The zero-order chi connectivity index (χ0) is 25.4. The Morgan fingerprint density at radius 1 is 1.22 bits per heavy atom. The first kappa shape index (κ1) is 24.1. The molecule has 2 N–H and O–H groups in total. The number of aryl methyl sites for hydroxylation is 1. The molecule has 1 aromatic carbocycles. The van der Waals surface area contributed by atoms with E-state index in [-0.39, 0.29) is 22.6 Å². The van der Waals surface area contributed by atoms with Gasteiger partial charge in [0.2, 0.25) is 0 Å². The molecule has 3 aromatic heterocycles. The van der Waals surface area contributed by atoms with Crippen LogP contribution in [0.25, 0.3) is 16.7 Å². The first-order chi connectivity index (χ1) is 17.2. The summed E-state index contributed by atoms with van der Waals surface area (Å²) in [7, 11) is 0. The molecule has 0 saturated carbocycles. The number of aromatic amines is 1. The Morgan fingerprint density at radius 2 is 2.06 bits per heavy atom. The number of pyridine rings is 1. The highest BCUT2D eigenvalue weighted by molar-refractivity contribution is 5.83. The SMILES string of the molecule is CCN1CC[C@@H](Nc2cc3nc(Cc4ccc(-n5ccc(C)c5)nc4)[nH]c(=O)c3cc2C(F)(F)F)C1. The second kappa shape index (κ2) is 9.42. The predicted octanol–water partition coefficient (Wildman–Crippen LogP) is 4.53. The Morgan fingerprint density at radius 3 is 2.69 bits per heavy atom. The standard InChI is InChI=1S/C26H27F3N6O/c1-3-34-8-7-18(15-34)31-22-12-21-19(11-20(22)26(27,28)29)25(36)33-23(32-21)10-17-4-5-24(30-13-17)35-9-6-16(2)14-35/h4-6,9,11-14,18,31H,3,7-8,10,15H2,1-2H3,(H,32,33,36)/t18-/m1/s1. The predicted molar refractivity (Wildman–Crippen MR) is 133 cm³/mol. The summed E-state index contributed by atoms with van der Waals surface area (Å²) >= 11 is 0. The highest BCUT2D eigenvalue weighted by Gasteiger charge is 2.35. The monoisotopic (exact) mass is 496 g/mol. The van der Waals surface area contributed by atoms with E-state index in [0.717, 1.165) is 42.5 Å². The quantitative estimate of drug-likeness (QED) is 0.410. The summed E-state index contributed by atoms with van der Waals surface area (Å²) in [5.41, 5.74) is 0.664. The van der Waals surface area contributed by atoms with Crippen LogP contribution in [-0.2, 0) is 12.6 Å². The molecule has 1 fully saturated rings. The molecule has 188 valence electrons. The van der Waals surface area contributed by atoms with Crippen LogP contribution >= 0.6 is 0 Å². The molecule has 0 amide bonds. The zero-order valence-electron chi connectivity index (χ0n) is 20.1. The fourth-order valence-corrected chi connectivity index (χ4v) is 4.64. The molecule has 0 radical (unpaired) electrons. The van der Waals surface area contributed by atoms with Gasteiger partial charge in [-0.15, -0.1) is 0 Å². The lowest BCUT2D eigenvalue weighted by atomic mass is 10.1. The summed E-state index contributed by atoms with van der Waals surface area (Å²) in [6, 6.07) is 7.89. The molecule has 0 aliphatic carbocycles. The Labute approximate surface area is 206 Å². The maximum atomic E-state index is 13.9. The molecule has 36 heavy (non-hydrogen) atoms. The molecule has 0 spiro atoms. The van der Waals surface area contributed by atoms with Gasteiger partial charge < -0.3 is 19.8 Å². The molecule has 7 nitrogen and oxygen atoms in total. The van der Waals surface area contributed by atoms with Crippen molar-refractivity contribution in [1.29, 1.82) is 0 Å². The highest BCUT2D eigenvalue weighted by atomic mass is 19.4. The number of rotatable bonds is 6. The number of fused-ring (bicyclic) bond motifs is 1. The fraction of sp³-hybridized carbons (Fsp3) is 0.346. The van der Waals surface area contributed by atoms with Crippen LogP contribution in [0.3, 0.4) is 0 Å². The van der Waals surface area contributed by atoms with Crippen molar-refractivity contribution >= 4 is 16.6 Å².